The van der Waals surface area contributed by atoms with E-state index in [2.05, 4.69) is 0 Å². The smallest absolute Gasteiger partial charge is 0.550 e. The third kappa shape index (κ3) is 17.1. The first-order chi connectivity index (χ1) is 17.2. The van der Waals surface area contributed by atoms with Crippen LogP contribution in [-0.4, -0.2) is 23.9 Å². The molecule has 0 aliphatic heterocycles. The number of hydrogen-bond donors (Lipinski definition) is 0. The van der Waals surface area contributed by atoms with Gasteiger partial charge >= 0.3 is 26.2 Å². The summed E-state index contributed by atoms with van der Waals surface area (Å²) < 4.78 is 0. The van der Waals surface area contributed by atoms with Crippen molar-refractivity contribution in [3.8, 4) is 0 Å². The van der Waals surface area contributed by atoms with E-state index in [-0.39, 0.29) is 49.9 Å². The zero-order valence-electron chi connectivity index (χ0n) is 22.2. The third-order valence-corrected chi connectivity index (χ3v) is 7.75. The second-order valence-electron chi connectivity index (χ2n) is 10.6. The number of carbonyl (C=O) groups is 4. The van der Waals surface area contributed by atoms with Gasteiger partial charge in [0.25, 0.3) is 0 Å². The van der Waals surface area contributed by atoms with Crippen molar-refractivity contribution in [1.29, 1.82) is 0 Å². The number of aliphatic carboxylic acids is 4. The van der Waals surface area contributed by atoms with Gasteiger partial charge in [0.15, 0.2) is 0 Å². The zero-order valence-corrected chi connectivity index (χ0v) is 24.7. The van der Waals surface area contributed by atoms with E-state index in [1.54, 1.807) is 0 Å². The van der Waals surface area contributed by atoms with Crippen LogP contribution in [0.1, 0.15) is 128 Å². The van der Waals surface area contributed by atoms with E-state index in [0.717, 1.165) is 103 Å². The Morgan fingerprint density at radius 2 is 0.459 bits per heavy atom. The van der Waals surface area contributed by atoms with Gasteiger partial charge in [0.2, 0.25) is 0 Å². The number of hydrogen-bond acceptors (Lipinski definition) is 8. The summed E-state index contributed by atoms with van der Waals surface area (Å²) in [6, 6.07) is 0. The summed E-state index contributed by atoms with van der Waals surface area (Å²) in [5.41, 5.74) is 0. The topological polar surface area (TPSA) is 161 Å². The molecule has 0 heterocycles. The van der Waals surface area contributed by atoms with Crippen LogP contribution in [0, 0.1) is 23.7 Å². The first kappa shape index (κ1) is 35.8. The van der Waals surface area contributed by atoms with Crippen LogP contribution in [-0.2, 0) is 45.4 Å². The summed E-state index contributed by atoms with van der Waals surface area (Å²) in [7, 11) is 0. The molecule has 9 heteroatoms. The van der Waals surface area contributed by atoms with Crippen molar-refractivity contribution >= 4 is 23.9 Å². The van der Waals surface area contributed by atoms with Crippen LogP contribution in [0.2, 0.25) is 0 Å². The van der Waals surface area contributed by atoms with Crippen molar-refractivity contribution in [2.75, 3.05) is 0 Å². The van der Waals surface area contributed by atoms with Gasteiger partial charge in [-0.05, 0) is 75.0 Å². The molecule has 4 aliphatic rings. The molecule has 0 saturated heterocycles. The van der Waals surface area contributed by atoms with Crippen LogP contribution in [0.25, 0.3) is 0 Å². The van der Waals surface area contributed by atoms with Gasteiger partial charge in [0, 0.05) is 23.9 Å². The van der Waals surface area contributed by atoms with Gasteiger partial charge in [-0.15, -0.1) is 0 Å². The molecule has 0 amide bonds. The Balaban J connectivity index is 0.000000463. The average Bonchev–Trinajstić information content (AvgIpc) is 2.92. The molecular formula is C28H44O8Zr. The van der Waals surface area contributed by atoms with E-state index in [4.69, 9.17) is 0 Å². The second kappa shape index (κ2) is 21.7. The van der Waals surface area contributed by atoms with Gasteiger partial charge in [0.05, 0.1) is 0 Å². The van der Waals surface area contributed by atoms with E-state index in [9.17, 15) is 39.6 Å². The largest absolute Gasteiger partial charge is 4.00 e. The fourth-order valence-corrected chi connectivity index (χ4v) is 5.35. The Bertz CT molecular complexity index is 533. The van der Waals surface area contributed by atoms with Crippen LogP contribution >= 0.6 is 0 Å². The van der Waals surface area contributed by atoms with Gasteiger partial charge in [-0.1, -0.05) is 77.0 Å². The van der Waals surface area contributed by atoms with Crippen LogP contribution in [0.5, 0.6) is 0 Å². The van der Waals surface area contributed by atoms with Crippen molar-refractivity contribution < 1.29 is 65.8 Å². The van der Waals surface area contributed by atoms with Crippen LogP contribution in [0.15, 0.2) is 0 Å². The Hall–Kier alpha value is -1.24. The zero-order chi connectivity index (χ0) is 26.8. The maximum atomic E-state index is 10.2. The van der Waals surface area contributed by atoms with E-state index in [0.29, 0.717) is 0 Å². The van der Waals surface area contributed by atoms with Crippen molar-refractivity contribution in [2.24, 2.45) is 23.7 Å². The Morgan fingerprint density at radius 1 is 0.324 bits per heavy atom. The Kier molecular flexibility index (Phi) is 20.9. The molecule has 0 unspecified atom stereocenters. The Morgan fingerprint density at radius 3 is 0.541 bits per heavy atom. The molecule has 0 N–H and O–H groups in total. The van der Waals surface area contributed by atoms with Crippen molar-refractivity contribution in [3.63, 3.8) is 0 Å². The minimum Gasteiger partial charge on any atom is -0.550 e. The fourth-order valence-electron chi connectivity index (χ4n) is 5.35. The summed E-state index contributed by atoms with van der Waals surface area (Å²) in [4.78, 5) is 41.0. The summed E-state index contributed by atoms with van der Waals surface area (Å²) in [6.45, 7) is 0. The average molecular weight is 600 g/mol. The molecule has 0 aromatic heterocycles. The van der Waals surface area contributed by atoms with Gasteiger partial charge in [0.1, 0.15) is 0 Å². The number of carboxylic acids is 4. The van der Waals surface area contributed by atoms with Crippen molar-refractivity contribution in [1.82, 2.24) is 0 Å². The SMILES string of the molecule is O=C([O-])C1CCCCC1.O=C([O-])C1CCCCC1.O=C([O-])C1CCCCC1.O=C([O-])C1CCCCC1.[Zr+4]. The minimum absolute atomic E-state index is 0. The predicted octanol–water partition coefficient (Wildman–Crippen LogP) is 1.26. The monoisotopic (exact) mass is 598 g/mol. The van der Waals surface area contributed by atoms with E-state index in [1.165, 1.54) is 25.7 Å². The molecule has 0 aromatic carbocycles. The fraction of sp³-hybridized carbons (Fsp3) is 0.857. The molecule has 0 bridgehead atoms. The first-order valence-electron chi connectivity index (χ1n) is 14.1. The molecule has 0 radical (unpaired) electrons. The minimum atomic E-state index is -0.852. The van der Waals surface area contributed by atoms with Crippen LogP contribution in [0.4, 0.5) is 0 Å². The number of carboxylic acid groups (broad SMARTS) is 4. The third-order valence-electron chi connectivity index (χ3n) is 7.75. The molecule has 4 rings (SSSR count). The molecule has 4 saturated carbocycles. The van der Waals surface area contributed by atoms with Crippen LogP contribution < -0.4 is 20.4 Å². The van der Waals surface area contributed by atoms with E-state index >= 15 is 0 Å². The predicted molar refractivity (Wildman–Crippen MR) is 126 cm³/mol. The van der Waals surface area contributed by atoms with Gasteiger partial charge in [-0.2, -0.15) is 0 Å². The summed E-state index contributed by atoms with van der Waals surface area (Å²) >= 11 is 0. The molecule has 8 nitrogen and oxygen atoms in total. The van der Waals surface area contributed by atoms with E-state index in [1.807, 2.05) is 0 Å². The molecular weight excluding hydrogens is 556 g/mol. The summed E-state index contributed by atoms with van der Waals surface area (Å²) in [5.74, 6) is -3.97. The quantitative estimate of drug-likeness (QED) is 0.467. The van der Waals surface area contributed by atoms with Gasteiger partial charge in [-0.3, -0.25) is 0 Å². The Labute approximate surface area is 241 Å². The number of rotatable bonds is 4. The van der Waals surface area contributed by atoms with Gasteiger partial charge in [-0.25, -0.2) is 0 Å². The first-order valence-corrected chi connectivity index (χ1v) is 14.1. The molecule has 0 atom stereocenters. The van der Waals surface area contributed by atoms with Crippen molar-refractivity contribution in [3.05, 3.63) is 0 Å². The van der Waals surface area contributed by atoms with Crippen molar-refractivity contribution in [2.45, 2.75) is 128 Å². The maximum Gasteiger partial charge on any atom is 4.00 e. The van der Waals surface area contributed by atoms with E-state index < -0.39 is 23.9 Å². The summed E-state index contributed by atoms with van der Waals surface area (Å²) in [5, 5.41) is 41.0. The second-order valence-corrected chi connectivity index (χ2v) is 10.6. The summed E-state index contributed by atoms with van der Waals surface area (Å²) in [6.07, 6.45) is 20.0. The van der Waals surface area contributed by atoms with Gasteiger partial charge < -0.3 is 39.6 Å². The standard InChI is InChI=1S/4C7H12O2.Zr/c4*8-7(9)6-4-2-1-3-5-6;/h4*6H,1-5H2,(H,8,9);/q;;;;+4/p-4. The molecule has 37 heavy (non-hydrogen) atoms. The normalized spacial score (nSPS) is 21.2. The molecule has 4 fully saturated rings. The van der Waals surface area contributed by atoms with Crippen LogP contribution in [0.3, 0.4) is 0 Å². The molecule has 4 aliphatic carbocycles. The molecule has 0 aromatic rings. The molecule has 208 valence electrons. The molecule has 0 spiro atoms. The maximum absolute atomic E-state index is 10.2. The number of carbonyl (C=O) groups excluding carboxylic acids is 4.